The summed E-state index contributed by atoms with van der Waals surface area (Å²) in [5.41, 5.74) is 0.441. The fraction of sp³-hybridized carbons (Fsp3) is 0.105. The van der Waals surface area contributed by atoms with Gasteiger partial charge in [-0.05, 0) is 31.2 Å². The van der Waals surface area contributed by atoms with E-state index in [9.17, 15) is 14.4 Å². The van der Waals surface area contributed by atoms with Gasteiger partial charge in [-0.2, -0.15) is 0 Å². The molecule has 1 amide bonds. The van der Waals surface area contributed by atoms with Crippen LogP contribution in [0.4, 0.5) is 5.69 Å². The number of hydrogen-bond donors (Lipinski definition) is 2. The molecule has 2 N–H and O–H groups in total. The number of ether oxygens (including phenoxy) is 1. The van der Waals surface area contributed by atoms with Gasteiger partial charge >= 0.3 is 5.97 Å². The van der Waals surface area contributed by atoms with E-state index in [2.05, 4.69) is 10.3 Å². The molecule has 27 heavy (non-hydrogen) atoms. The molecule has 0 unspecified atom stereocenters. The van der Waals surface area contributed by atoms with Crippen LogP contribution < -0.4 is 10.9 Å². The van der Waals surface area contributed by atoms with Crippen LogP contribution >= 0.6 is 23.2 Å². The minimum absolute atomic E-state index is 0.0785. The SMILES string of the molecule is C[C@@H](OC(=O)c1cc(=O)[nH]c2ccccc12)C(=O)Nc1cc(Cl)ccc1Cl. The number of rotatable bonds is 4. The van der Waals surface area contributed by atoms with Crippen LogP contribution in [0.15, 0.2) is 53.3 Å². The van der Waals surface area contributed by atoms with E-state index in [0.717, 1.165) is 6.07 Å². The lowest BCUT2D eigenvalue weighted by Crippen LogP contribution is -2.30. The first-order valence-corrected chi connectivity index (χ1v) is 8.69. The van der Waals surface area contributed by atoms with Crippen molar-refractivity contribution in [2.75, 3.05) is 5.32 Å². The number of nitrogens with one attached hydrogen (secondary N) is 2. The summed E-state index contributed by atoms with van der Waals surface area (Å²) in [6.45, 7) is 1.42. The largest absolute Gasteiger partial charge is 0.449 e. The number of anilines is 1. The third kappa shape index (κ3) is 4.30. The predicted octanol–water partition coefficient (Wildman–Crippen LogP) is 4.02. The molecule has 0 bridgehead atoms. The van der Waals surface area contributed by atoms with Crippen LogP contribution in [-0.4, -0.2) is 23.0 Å². The lowest BCUT2D eigenvalue weighted by Gasteiger charge is -2.15. The Bertz CT molecular complexity index is 1090. The molecule has 3 rings (SSSR count). The first kappa shape index (κ1) is 18.9. The number of halogens is 2. The topological polar surface area (TPSA) is 88.3 Å². The van der Waals surface area contributed by atoms with Gasteiger partial charge in [-0.1, -0.05) is 41.4 Å². The lowest BCUT2D eigenvalue weighted by molar-refractivity contribution is -0.123. The fourth-order valence-corrected chi connectivity index (χ4v) is 2.82. The average molecular weight is 405 g/mol. The van der Waals surface area contributed by atoms with Crippen molar-refractivity contribution in [2.45, 2.75) is 13.0 Å². The Morgan fingerprint density at radius 3 is 2.63 bits per heavy atom. The second-order valence-electron chi connectivity index (χ2n) is 5.75. The summed E-state index contributed by atoms with van der Waals surface area (Å²) in [7, 11) is 0. The molecule has 1 aromatic heterocycles. The molecule has 0 spiro atoms. The summed E-state index contributed by atoms with van der Waals surface area (Å²) in [6, 6.07) is 12.6. The molecular weight excluding hydrogens is 391 g/mol. The minimum Gasteiger partial charge on any atom is -0.449 e. The maximum atomic E-state index is 12.5. The van der Waals surface area contributed by atoms with Crippen molar-refractivity contribution in [3.8, 4) is 0 Å². The van der Waals surface area contributed by atoms with Crippen LogP contribution in [0.2, 0.25) is 10.0 Å². The molecule has 0 aliphatic heterocycles. The minimum atomic E-state index is -1.12. The zero-order chi connectivity index (χ0) is 19.6. The molecule has 0 saturated carbocycles. The maximum absolute atomic E-state index is 12.5. The van der Waals surface area contributed by atoms with E-state index in [1.165, 1.54) is 13.0 Å². The first-order valence-electron chi connectivity index (χ1n) is 7.94. The van der Waals surface area contributed by atoms with E-state index in [4.69, 9.17) is 27.9 Å². The van der Waals surface area contributed by atoms with Crippen LogP contribution in [0, 0.1) is 0 Å². The number of esters is 1. The number of para-hydroxylation sites is 1. The Morgan fingerprint density at radius 1 is 1.11 bits per heavy atom. The van der Waals surface area contributed by atoms with Crippen LogP contribution in [0.25, 0.3) is 10.9 Å². The Kier molecular flexibility index (Phi) is 5.48. The van der Waals surface area contributed by atoms with Gasteiger partial charge in [0.15, 0.2) is 6.10 Å². The number of carbonyl (C=O) groups excluding carboxylic acids is 2. The zero-order valence-electron chi connectivity index (χ0n) is 14.1. The molecule has 2 aromatic carbocycles. The highest BCUT2D eigenvalue weighted by Gasteiger charge is 2.21. The molecule has 1 atom stereocenters. The van der Waals surface area contributed by atoms with Crippen LogP contribution in [0.3, 0.4) is 0 Å². The summed E-state index contributed by atoms with van der Waals surface area (Å²) in [6.07, 6.45) is -1.12. The molecule has 0 aliphatic carbocycles. The van der Waals surface area contributed by atoms with E-state index in [-0.39, 0.29) is 5.56 Å². The summed E-state index contributed by atoms with van der Waals surface area (Å²) in [5, 5.41) is 3.77. The molecule has 138 valence electrons. The van der Waals surface area contributed by atoms with Gasteiger partial charge in [0, 0.05) is 22.0 Å². The van der Waals surface area contributed by atoms with Crippen LogP contribution in [-0.2, 0) is 9.53 Å². The number of H-pyrrole nitrogens is 1. The number of aromatic amines is 1. The van der Waals surface area contributed by atoms with E-state index in [0.29, 0.717) is 26.6 Å². The monoisotopic (exact) mass is 404 g/mol. The van der Waals surface area contributed by atoms with Gasteiger partial charge < -0.3 is 15.0 Å². The molecule has 0 saturated heterocycles. The van der Waals surface area contributed by atoms with Crippen molar-refractivity contribution < 1.29 is 14.3 Å². The summed E-state index contributed by atoms with van der Waals surface area (Å²) in [5.74, 6) is -1.36. The quantitative estimate of drug-likeness (QED) is 0.642. The molecule has 3 aromatic rings. The summed E-state index contributed by atoms with van der Waals surface area (Å²) >= 11 is 11.9. The second-order valence-corrected chi connectivity index (χ2v) is 6.60. The van der Waals surface area contributed by atoms with Crippen LogP contribution in [0.1, 0.15) is 17.3 Å². The Hall–Kier alpha value is -2.83. The highest BCUT2D eigenvalue weighted by molar-refractivity contribution is 6.35. The van der Waals surface area contributed by atoms with Crippen molar-refractivity contribution >= 4 is 51.7 Å². The van der Waals surface area contributed by atoms with Crippen molar-refractivity contribution in [2.24, 2.45) is 0 Å². The van der Waals surface area contributed by atoms with E-state index >= 15 is 0 Å². The smallest absolute Gasteiger partial charge is 0.339 e. The molecule has 1 heterocycles. The van der Waals surface area contributed by atoms with Crippen molar-refractivity contribution in [1.82, 2.24) is 4.98 Å². The third-order valence-corrected chi connectivity index (χ3v) is 4.37. The van der Waals surface area contributed by atoms with Gasteiger partial charge in [-0.15, -0.1) is 0 Å². The Labute approximate surface area is 164 Å². The number of aromatic nitrogens is 1. The molecule has 8 heteroatoms. The van der Waals surface area contributed by atoms with Crippen LogP contribution in [0.5, 0.6) is 0 Å². The number of hydrogen-bond acceptors (Lipinski definition) is 4. The standard InChI is InChI=1S/C19H14Cl2N2O4/c1-10(18(25)23-16-8-11(20)6-7-14(16)21)27-19(26)13-9-17(24)22-15-5-3-2-4-12(13)15/h2-10H,1H3,(H,22,24)(H,23,25)/t10-/m1/s1. The summed E-state index contributed by atoms with van der Waals surface area (Å²) in [4.78, 5) is 39.2. The van der Waals surface area contributed by atoms with Gasteiger partial charge in [0.1, 0.15) is 0 Å². The van der Waals surface area contributed by atoms with Crippen molar-refractivity contribution in [3.63, 3.8) is 0 Å². The molecule has 0 radical (unpaired) electrons. The number of pyridine rings is 1. The fourth-order valence-electron chi connectivity index (χ4n) is 2.48. The number of benzene rings is 2. The van der Waals surface area contributed by atoms with Gasteiger partial charge in [0.05, 0.1) is 16.3 Å². The van der Waals surface area contributed by atoms with E-state index in [1.54, 1.807) is 36.4 Å². The highest BCUT2D eigenvalue weighted by atomic mass is 35.5. The first-order chi connectivity index (χ1) is 12.8. The number of amides is 1. The van der Waals surface area contributed by atoms with E-state index < -0.39 is 23.5 Å². The number of fused-ring (bicyclic) bond motifs is 1. The summed E-state index contributed by atoms with van der Waals surface area (Å²) < 4.78 is 5.22. The van der Waals surface area contributed by atoms with Crippen molar-refractivity contribution in [1.29, 1.82) is 0 Å². The van der Waals surface area contributed by atoms with Gasteiger partial charge in [-0.3, -0.25) is 9.59 Å². The zero-order valence-corrected chi connectivity index (χ0v) is 15.6. The Balaban J connectivity index is 1.79. The molecule has 0 fully saturated rings. The lowest BCUT2D eigenvalue weighted by atomic mass is 10.1. The molecular formula is C19H14Cl2N2O4. The normalized spacial score (nSPS) is 11.8. The number of carbonyl (C=O) groups is 2. The third-order valence-electron chi connectivity index (χ3n) is 3.81. The van der Waals surface area contributed by atoms with E-state index in [1.807, 2.05) is 0 Å². The van der Waals surface area contributed by atoms with Gasteiger partial charge in [0.2, 0.25) is 5.56 Å². The van der Waals surface area contributed by atoms with Crippen molar-refractivity contribution in [3.05, 3.63) is 74.5 Å². The highest BCUT2D eigenvalue weighted by Crippen LogP contribution is 2.25. The van der Waals surface area contributed by atoms with Gasteiger partial charge in [0.25, 0.3) is 5.91 Å². The molecule has 0 aliphatic rings. The average Bonchev–Trinajstić information content (AvgIpc) is 2.63. The molecule has 6 nitrogen and oxygen atoms in total. The van der Waals surface area contributed by atoms with Gasteiger partial charge in [-0.25, -0.2) is 4.79 Å². The second kappa shape index (κ2) is 7.82. The predicted molar refractivity (Wildman–Crippen MR) is 105 cm³/mol. The maximum Gasteiger partial charge on any atom is 0.339 e. The Morgan fingerprint density at radius 2 is 1.85 bits per heavy atom.